The van der Waals surface area contributed by atoms with Crippen molar-refractivity contribution < 1.29 is 27.9 Å². The number of sulfonamides is 1. The van der Waals surface area contributed by atoms with Crippen molar-refractivity contribution in [3.05, 3.63) is 24.0 Å². The topological polar surface area (TPSA) is 123 Å². The van der Waals surface area contributed by atoms with Crippen molar-refractivity contribution in [1.82, 2.24) is 9.71 Å². The number of aliphatic carboxylic acids is 1. The van der Waals surface area contributed by atoms with Crippen LogP contribution in [0.3, 0.4) is 0 Å². The molecule has 0 bridgehead atoms. The van der Waals surface area contributed by atoms with Crippen molar-refractivity contribution in [3.8, 4) is 0 Å². The molecular weight excluding hydrogens is 276 g/mol. The van der Waals surface area contributed by atoms with Crippen molar-refractivity contribution in [3.63, 3.8) is 0 Å². The van der Waals surface area contributed by atoms with Crippen molar-refractivity contribution in [2.45, 2.75) is 17.9 Å². The fourth-order valence-electron chi connectivity index (χ4n) is 1.12. The number of carbonyl (C=O) groups excluding carboxylic acids is 1. The van der Waals surface area contributed by atoms with Gasteiger partial charge in [0.1, 0.15) is 16.6 Å². The number of hydrogen-bond donors (Lipinski definition) is 2. The Morgan fingerprint density at radius 2 is 2.05 bits per heavy atom. The Morgan fingerprint density at radius 1 is 1.42 bits per heavy atom. The van der Waals surface area contributed by atoms with Gasteiger partial charge in [0, 0.05) is 6.20 Å². The molecule has 1 rings (SSSR count). The van der Waals surface area contributed by atoms with Crippen LogP contribution in [0.2, 0.25) is 0 Å². The van der Waals surface area contributed by atoms with Gasteiger partial charge >= 0.3 is 11.9 Å². The largest absolute Gasteiger partial charge is 0.480 e. The summed E-state index contributed by atoms with van der Waals surface area (Å²) in [5, 5.41) is 8.64. The Kier molecular flexibility index (Phi) is 4.57. The Morgan fingerprint density at radius 3 is 2.47 bits per heavy atom. The number of rotatable bonds is 5. The van der Waals surface area contributed by atoms with Gasteiger partial charge in [-0.05, 0) is 19.1 Å². The molecule has 0 saturated carbocycles. The van der Waals surface area contributed by atoms with E-state index in [9.17, 15) is 18.0 Å². The quantitative estimate of drug-likeness (QED) is 0.708. The number of nitrogens with zero attached hydrogens (tertiary/aromatic N) is 1. The van der Waals surface area contributed by atoms with Crippen LogP contribution in [-0.2, 0) is 19.6 Å². The molecule has 0 fully saturated rings. The zero-order chi connectivity index (χ0) is 14.6. The second-order valence-corrected chi connectivity index (χ2v) is 5.27. The maximum Gasteiger partial charge on any atom is 0.356 e. The summed E-state index contributed by atoms with van der Waals surface area (Å²) < 4.78 is 29.9. The minimum atomic E-state index is -4.00. The van der Waals surface area contributed by atoms with Crippen LogP contribution in [0.1, 0.15) is 17.4 Å². The molecule has 1 aromatic rings. The van der Waals surface area contributed by atoms with E-state index < -0.39 is 28.0 Å². The van der Waals surface area contributed by atoms with Crippen LogP contribution in [0, 0.1) is 0 Å². The van der Waals surface area contributed by atoms with Crippen LogP contribution in [0.4, 0.5) is 0 Å². The first-order valence-corrected chi connectivity index (χ1v) is 6.55. The normalized spacial score (nSPS) is 12.7. The predicted octanol–water partition coefficient (Wildman–Crippen LogP) is -0.380. The molecule has 0 aliphatic heterocycles. The van der Waals surface area contributed by atoms with Crippen molar-refractivity contribution in [2.24, 2.45) is 0 Å². The standard InChI is InChI=1S/C10H12N2O6S/c1-6(9(13)14)12-19(16,17)7-3-4-8(11-5-7)10(15)18-2/h3-6,12H,1-2H3,(H,13,14)/t6-/m1/s1. The number of carboxylic acids is 1. The number of aromatic nitrogens is 1. The molecule has 104 valence electrons. The highest BCUT2D eigenvalue weighted by atomic mass is 32.2. The van der Waals surface area contributed by atoms with Gasteiger partial charge in [0.2, 0.25) is 10.0 Å². The maximum absolute atomic E-state index is 11.8. The molecule has 1 atom stereocenters. The van der Waals surface area contributed by atoms with E-state index in [4.69, 9.17) is 5.11 Å². The van der Waals surface area contributed by atoms with Crippen molar-refractivity contribution in [2.75, 3.05) is 7.11 Å². The van der Waals surface area contributed by atoms with E-state index in [2.05, 4.69) is 9.72 Å². The molecule has 2 N–H and O–H groups in total. The molecule has 0 aromatic carbocycles. The Balaban J connectivity index is 2.97. The average molecular weight is 288 g/mol. The molecule has 0 radical (unpaired) electrons. The van der Waals surface area contributed by atoms with E-state index in [-0.39, 0.29) is 10.6 Å². The third-order valence-corrected chi connectivity index (χ3v) is 3.67. The Bertz CT molecular complexity index is 581. The van der Waals surface area contributed by atoms with Crippen LogP contribution in [0.15, 0.2) is 23.2 Å². The van der Waals surface area contributed by atoms with Gasteiger partial charge in [0.05, 0.1) is 7.11 Å². The summed E-state index contributed by atoms with van der Waals surface area (Å²) in [6, 6.07) is 1.03. The summed E-state index contributed by atoms with van der Waals surface area (Å²) in [5.74, 6) is -2.00. The highest BCUT2D eigenvalue weighted by molar-refractivity contribution is 7.89. The van der Waals surface area contributed by atoms with Crippen LogP contribution in [0.5, 0.6) is 0 Å². The summed E-state index contributed by atoms with van der Waals surface area (Å²) in [5.41, 5.74) is -0.0484. The monoisotopic (exact) mass is 288 g/mol. The van der Waals surface area contributed by atoms with Crippen LogP contribution in [-0.4, -0.2) is 43.6 Å². The third-order valence-electron chi connectivity index (χ3n) is 2.14. The average Bonchev–Trinajstić information content (AvgIpc) is 2.37. The molecule has 0 saturated heterocycles. The van der Waals surface area contributed by atoms with E-state index in [1.165, 1.54) is 20.1 Å². The minimum absolute atomic E-state index is 0.0484. The van der Waals surface area contributed by atoms with Gasteiger partial charge in [0.15, 0.2) is 0 Å². The molecular formula is C10H12N2O6S. The third kappa shape index (κ3) is 3.73. The number of esters is 1. The first kappa shape index (κ1) is 15.1. The zero-order valence-electron chi connectivity index (χ0n) is 10.2. The molecule has 19 heavy (non-hydrogen) atoms. The highest BCUT2D eigenvalue weighted by Crippen LogP contribution is 2.09. The smallest absolute Gasteiger partial charge is 0.356 e. The van der Waals surface area contributed by atoms with E-state index in [0.29, 0.717) is 0 Å². The number of methoxy groups -OCH3 is 1. The number of ether oxygens (including phenoxy) is 1. The second kappa shape index (κ2) is 5.76. The fourth-order valence-corrected chi connectivity index (χ4v) is 2.26. The van der Waals surface area contributed by atoms with E-state index in [1.807, 2.05) is 4.72 Å². The summed E-state index contributed by atoms with van der Waals surface area (Å²) in [6.45, 7) is 1.19. The first-order valence-electron chi connectivity index (χ1n) is 5.07. The van der Waals surface area contributed by atoms with Gasteiger partial charge < -0.3 is 9.84 Å². The van der Waals surface area contributed by atoms with Gasteiger partial charge in [-0.3, -0.25) is 4.79 Å². The van der Waals surface area contributed by atoms with Gasteiger partial charge in [-0.2, -0.15) is 4.72 Å². The Labute approximate surface area is 109 Å². The molecule has 8 nitrogen and oxygen atoms in total. The molecule has 0 aliphatic carbocycles. The summed E-state index contributed by atoms with van der Waals surface area (Å²) in [7, 11) is -2.83. The minimum Gasteiger partial charge on any atom is -0.480 e. The SMILES string of the molecule is COC(=O)c1ccc(S(=O)(=O)N[C@H](C)C(=O)O)cn1. The lowest BCUT2D eigenvalue weighted by Crippen LogP contribution is -2.38. The molecule has 0 amide bonds. The molecule has 9 heteroatoms. The van der Waals surface area contributed by atoms with Crippen molar-refractivity contribution in [1.29, 1.82) is 0 Å². The lowest BCUT2D eigenvalue weighted by Gasteiger charge is -2.09. The van der Waals surface area contributed by atoms with Crippen molar-refractivity contribution >= 4 is 22.0 Å². The van der Waals surface area contributed by atoms with Crippen LogP contribution < -0.4 is 4.72 Å². The molecule has 0 aliphatic rings. The first-order chi connectivity index (χ1) is 8.77. The van der Waals surface area contributed by atoms with E-state index in [1.54, 1.807) is 0 Å². The molecule has 0 spiro atoms. The molecule has 1 heterocycles. The Hall–Kier alpha value is -2.00. The predicted molar refractivity (Wildman–Crippen MR) is 63.0 cm³/mol. The lowest BCUT2D eigenvalue weighted by molar-refractivity contribution is -0.138. The van der Waals surface area contributed by atoms with Gasteiger partial charge in [-0.15, -0.1) is 0 Å². The summed E-state index contributed by atoms with van der Waals surface area (Å²) in [4.78, 5) is 25.1. The number of carbonyl (C=O) groups is 2. The molecule has 1 aromatic heterocycles. The molecule has 0 unspecified atom stereocenters. The number of pyridine rings is 1. The van der Waals surface area contributed by atoms with Crippen LogP contribution in [0.25, 0.3) is 0 Å². The lowest BCUT2D eigenvalue weighted by atomic mass is 10.3. The van der Waals surface area contributed by atoms with E-state index >= 15 is 0 Å². The highest BCUT2D eigenvalue weighted by Gasteiger charge is 2.22. The fraction of sp³-hybridized carbons (Fsp3) is 0.300. The second-order valence-electron chi connectivity index (χ2n) is 3.55. The number of carboxylic acid groups (broad SMARTS) is 1. The van der Waals surface area contributed by atoms with Gasteiger partial charge in [0.25, 0.3) is 0 Å². The zero-order valence-corrected chi connectivity index (χ0v) is 11.0. The number of hydrogen-bond acceptors (Lipinski definition) is 6. The summed E-state index contributed by atoms with van der Waals surface area (Å²) in [6.07, 6.45) is 0.948. The maximum atomic E-state index is 11.8. The van der Waals surface area contributed by atoms with E-state index in [0.717, 1.165) is 12.3 Å². The number of nitrogens with one attached hydrogen (secondary N) is 1. The van der Waals surface area contributed by atoms with Gasteiger partial charge in [-0.25, -0.2) is 18.2 Å². The summed E-state index contributed by atoms with van der Waals surface area (Å²) >= 11 is 0. The van der Waals surface area contributed by atoms with Crippen LogP contribution >= 0.6 is 0 Å². The van der Waals surface area contributed by atoms with Gasteiger partial charge in [-0.1, -0.05) is 0 Å².